The average molecular weight is 355 g/mol. The van der Waals surface area contributed by atoms with Gasteiger partial charge in [0.05, 0.1) is 6.04 Å². The first-order chi connectivity index (χ1) is 12.6. The van der Waals surface area contributed by atoms with Crippen molar-refractivity contribution in [1.82, 2.24) is 4.90 Å². The zero-order valence-corrected chi connectivity index (χ0v) is 15.6. The molecule has 2 amide bonds. The molecule has 1 heterocycles. The van der Waals surface area contributed by atoms with E-state index < -0.39 is 0 Å². The molecule has 1 aliphatic heterocycles. The molecular weight excluding hydrogens is 326 g/mol. The van der Waals surface area contributed by atoms with E-state index in [1.54, 1.807) is 0 Å². The van der Waals surface area contributed by atoms with Gasteiger partial charge in [-0.25, -0.2) is 0 Å². The summed E-state index contributed by atoms with van der Waals surface area (Å²) in [5.41, 5.74) is 2.46. The molecule has 0 bridgehead atoms. The van der Waals surface area contributed by atoms with Crippen LogP contribution in [0.15, 0.2) is 30.9 Å². The Balaban J connectivity index is 1.67. The van der Waals surface area contributed by atoms with E-state index in [1.165, 1.54) is 0 Å². The van der Waals surface area contributed by atoms with Crippen LogP contribution in [-0.2, 0) is 9.59 Å². The number of carbonyl (C=O) groups is 2. The summed E-state index contributed by atoms with van der Waals surface area (Å²) in [7, 11) is 0. The van der Waals surface area contributed by atoms with Gasteiger partial charge in [0, 0.05) is 23.8 Å². The smallest absolute Gasteiger partial charge is 0.241 e. The van der Waals surface area contributed by atoms with E-state index in [4.69, 9.17) is 0 Å². The fourth-order valence-electron chi connectivity index (χ4n) is 4.05. The topological polar surface area (TPSA) is 61.4 Å². The Morgan fingerprint density at radius 3 is 2.42 bits per heavy atom. The molecule has 0 aromatic heterocycles. The van der Waals surface area contributed by atoms with Crippen molar-refractivity contribution >= 4 is 23.2 Å². The average Bonchev–Trinajstić information content (AvgIpc) is 3.30. The summed E-state index contributed by atoms with van der Waals surface area (Å²) in [5.74, 6) is 0.243. The second-order valence-corrected chi connectivity index (χ2v) is 7.38. The van der Waals surface area contributed by atoms with Crippen molar-refractivity contribution in [1.29, 1.82) is 0 Å². The molecule has 26 heavy (non-hydrogen) atoms. The molecule has 1 aromatic carbocycles. The second kappa shape index (κ2) is 8.49. The highest BCUT2D eigenvalue weighted by atomic mass is 16.2. The van der Waals surface area contributed by atoms with E-state index in [0.29, 0.717) is 0 Å². The Hall–Kier alpha value is -2.14. The lowest BCUT2D eigenvalue weighted by molar-refractivity contribution is -0.120. The molecule has 1 aromatic rings. The maximum absolute atomic E-state index is 12.7. The number of anilines is 2. The minimum Gasteiger partial charge on any atom is -0.326 e. The van der Waals surface area contributed by atoms with Crippen molar-refractivity contribution < 1.29 is 9.59 Å². The zero-order valence-electron chi connectivity index (χ0n) is 15.6. The molecule has 2 fully saturated rings. The second-order valence-electron chi connectivity index (χ2n) is 7.38. The first-order valence-corrected chi connectivity index (χ1v) is 9.66. The van der Waals surface area contributed by atoms with Crippen LogP contribution in [0.4, 0.5) is 11.4 Å². The number of nitrogens with one attached hydrogen (secondary N) is 2. The van der Waals surface area contributed by atoms with Gasteiger partial charge >= 0.3 is 0 Å². The number of carbonyl (C=O) groups excluding carboxylic acids is 2. The highest BCUT2D eigenvalue weighted by molar-refractivity contribution is 5.98. The van der Waals surface area contributed by atoms with Crippen molar-refractivity contribution in [3.63, 3.8) is 0 Å². The molecule has 0 spiro atoms. The van der Waals surface area contributed by atoms with Gasteiger partial charge in [-0.1, -0.05) is 25.0 Å². The van der Waals surface area contributed by atoms with Gasteiger partial charge in [-0.3, -0.25) is 14.5 Å². The Morgan fingerprint density at radius 1 is 1.12 bits per heavy atom. The van der Waals surface area contributed by atoms with Crippen molar-refractivity contribution in [2.24, 2.45) is 5.92 Å². The van der Waals surface area contributed by atoms with Crippen LogP contribution in [0.5, 0.6) is 0 Å². The molecule has 5 heteroatoms. The summed E-state index contributed by atoms with van der Waals surface area (Å²) in [5, 5.41) is 6.11. The molecule has 2 N–H and O–H groups in total. The van der Waals surface area contributed by atoms with Crippen LogP contribution in [0, 0.1) is 12.8 Å². The molecule has 140 valence electrons. The van der Waals surface area contributed by atoms with E-state index in [-0.39, 0.29) is 23.8 Å². The van der Waals surface area contributed by atoms with E-state index in [9.17, 15) is 9.59 Å². The number of amides is 2. The van der Waals surface area contributed by atoms with Crippen LogP contribution >= 0.6 is 0 Å². The molecule has 1 saturated heterocycles. The molecule has 5 nitrogen and oxygen atoms in total. The Morgan fingerprint density at radius 2 is 1.77 bits per heavy atom. The third-order valence-electron chi connectivity index (χ3n) is 5.61. The standard InChI is InChI=1S/C21H29N3O2/c1-3-13-24-14-7-12-19(24)21(26)23-18-11-6-10-17(15(18)2)22-20(25)16-8-4-5-9-16/h3,6,10-11,16,19H,1,4-5,7-9,12-14H2,2H3,(H,22,25)(H,23,26)/t19-/m0/s1. The monoisotopic (exact) mass is 355 g/mol. The summed E-state index contributed by atoms with van der Waals surface area (Å²) in [6.45, 7) is 7.38. The van der Waals surface area contributed by atoms with Crippen molar-refractivity contribution in [2.45, 2.75) is 51.5 Å². The molecule has 2 aliphatic rings. The number of benzene rings is 1. The maximum Gasteiger partial charge on any atom is 0.241 e. The summed E-state index contributed by atoms with van der Waals surface area (Å²) >= 11 is 0. The third kappa shape index (κ3) is 4.15. The minimum absolute atomic E-state index is 0.0201. The van der Waals surface area contributed by atoms with Crippen LogP contribution < -0.4 is 10.6 Å². The Bertz CT molecular complexity index is 680. The quantitative estimate of drug-likeness (QED) is 0.765. The number of hydrogen-bond donors (Lipinski definition) is 2. The summed E-state index contributed by atoms with van der Waals surface area (Å²) < 4.78 is 0. The molecule has 1 atom stereocenters. The van der Waals surface area contributed by atoms with Crippen molar-refractivity contribution in [3.8, 4) is 0 Å². The number of hydrogen-bond acceptors (Lipinski definition) is 3. The highest BCUT2D eigenvalue weighted by Gasteiger charge is 2.30. The fourth-order valence-corrected chi connectivity index (χ4v) is 4.05. The molecule has 3 rings (SSSR count). The highest BCUT2D eigenvalue weighted by Crippen LogP contribution is 2.29. The molecule has 1 saturated carbocycles. The van der Waals surface area contributed by atoms with E-state index in [0.717, 1.165) is 68.6 Å². The van der Waals surface area contributed by atoms with Gasteiger partial charge < -0.3 is 10.6 Å². The normalized spacial score (nSPS) is 20.9. The van der Waals surface area contributed by atoms with Gasteiger partial charge in [-0.05, 0) is 56.8 Å². The lowest BCUT2D eigenvalue weighted by atomic mass is 10.1. The predicted molar refractivity (Wildman–Crippen MR) is 105 cm³/mol. The Kier molecular flexibility index (Phi) is 6.09. The summed E-state index contributed by atoms with van der Waals surface area (Å²) in [4.78, 5) is 27.3. The Labute approximate surface area is 155 Å². The van der Waals surface area contributed by atoms with Crippen molar-refractivity contribution in [2.75, 3.05) is 23.7 Å². The van der Waals surface area contributed by atoms with Crippen LogP contribution in [0.2, 0.25) is 0 Å². The molecule has 0 unspecified atom stereocenters. The molecular formula is C21H29N3O2. The fraction of sp³-hybridized carbons (Fsp3) is 0.524. The zero-order chi connectivity index (χ0) is 18.5. The predicted octanol–water partition coefficient (Wildman–Crippen LogP) is 3.71. The molecule has 0 radical (unpaired) electrons. The lowest BCUT2D eigenvalue weighted by Crippen LogP contribution is -2.39. The van der Waals surface area contributed by atoms with Gasteiger partial charge in [0.25, 0.3) is 0 Å². The van der Waals surface area contributed by atoms with Gasteiger partial charge in [0.15, 0.2) is 0 Å². The lowest BCUT2D eigenvalue weighted by Gasteiger charge is -2.23. The largest absolute Gasteiger partial charge is 0.326 e. The van der Waals surface area contributed by atoms with Crippen LogP contribution in [-0.4, -0.2) is 35.8 Å². The summed E-state index contributed by atoms with van der Waals surface area (Å²) in [6.07, 6.45) is 7.96. The van der Waals surface area contributed by atoms with Crippen molar-refractivity contribution in [3.05, 3.63) is 36.4 Å². The van der Waals surface area contributed by atoms with Gasteiger partial charge in [-0.2, -0.15) is 0 Å². The number of likely N-dealkylation sites (tertiary alicyclic amines) is 1. The van der Waals surface area contributed by atoms with E-state index in [1.807, 2.05) is 31.2 Å². The van der Waals surface area contributed by atoms with Gasteiger partial charge in [0.2, 0.25) is 11.8 Å². The van der Waals surface area contributed by atoms with Crippen LogP contribution in [0.1, 0.15) is 44.1 Å². The van der Waals surface area contributed by atoms with E-state index in [2.05, 4.69) is 22.1 Å². The number of nitrogens with zero attached hydrogens (tertiary/aromatic N) is 1. The van der Waals surface area contributed by atoms with Crippen LogP contribution in [0.25, 0.3) is 0 Å². The van der Waals surface area contributed by atoms with Gasteiger partial charge in [-0.15, -0.1) is 6.58 Å². The SMILES string of the molecule is C=CCN1CCC[C@H]1C(=O)Nc1cccc(NC(=O)C2CCCC2)c1C. The number of rotatable bonds is 6. The minimum atomic E-state index is -0.107. The maximum atomic E-state index is 12.7. The van der Waals surface area contributed by atoms with Crippen LogP contribution in [0.3, 0.4) is 0 Å². The molecule has 1 aliphatic carbocycles. The van der Waals surface area contributed by atoms with E-state index >= 15 is 0 Å². The first kappa shape index (κ1) is 18.6. The third-order valence-corrected chi connectivity index (χ3v) is 5.61. The van der Waals surface area contributed by atoms with Gasteiger partial charge in [0.1, 0.15) is 0 Å². The summed E-state index contributed by atoms with van der Waals surface area (Å²) in [6, 6.07) is 5.57. The first-order valence-electron chi connectivity index (χ1n) is 9.66.